The zero-order valence-electron chi connectivity index (χ0n) is 22.6. The first kappa shape index (κ1) is 31.4. The minimum atomic E-state index is -3.19. The fourth-order valence-corrected chi connectivity index (χ4v) is 3.70. The number of hydrogen-bond acceptors (Lipinski definition) is 8. The number of unbranched alkanes of at least 4 members (excludes halogenated alkanes) is 6. The van der Waals surface area contributed by atoms with Gasteiger partial charge in [0.05, 0.1) is 26.4 Å². The largest absolute Gasteiger partial charge is 0.462 e. The van der Waals surface area contributed by atoms with Crippen molar-refractivity contribution in [3.8, 4) is 0 Å². The first-order valence-electron chi connectivity index (χ1n) is 13.5. The molecular weight excluding hydrogens is 488 g/mol. The molecule has 2 aromatic rings. The van der Waals surface area contributed by atoms with Crippen LogP contribution in [0.4, 0.5) is 0 Å². The standard InChI is InChI=1S/C30H42O8/c1-3-5-7-15-21-35-27(31)29(33,37-23-25-17-11-9-12-18-25)30(34,28(32)36-22-16-8-6-4-2)38-24-26-19-13-10-14-20-26/h9-14,17-20,33-34H,3-8,15-16,21-24H2,1-2H3. The highest BCUT2D eigenvalue weighted by Gasteiger charge is 2.66. The van der Waals surface area contributed by atoms with E-state index in [0.29, 0.717) is 24.0 Å². The van der Waals surface area contributed by atoms with Crippen LogP contribution in [0.5, 0.6) is 0 Å². The first-order valence-corrected chi connectivity index (χ1v) is 13.5. The van der Waals surface area contributed by atoms with Crippen molar-refractivity contribution in [2.45, 2.75) is 90.0 Å². The van der Waals surface area contributed by atoms with Gasteiger partial charge in [0.25, 0.3) is 0 Å². The van der Waals surface area contributed by atoms with Gasteiger partial charge in [-0.05, 0) is 24.0 Å². The Bertz CT molecular complexity index is 858. The first-order chi connectivity index (χ1) is 18.4. The normalized spacial score (nSPS) is 14.3. The van der Waals surface area contributed by atoms with Gasteiger partial charge in [-0.25, -0.2) is 9.59 Å². The van der Waals surface area contributed by atoms with E-state index in [2.05, 4.69) is 13.8 Å². The molecule has 8 nitrogen and oxygen atoms in total. The molecule has 2 aromatic carbocycles. The summed E-state index contributed by atoms with van der Waals surface area (Å²) >= 11 is 0. The van der Waals surface area contributed by atoms with Crippen LogP contribution in [0.25, 0.3) is 0 Å². The second kappa shape index (κ2) is 16.9. The summed E-state index contributed by atoms with van der Waals surface area (Å²) in [6, 6.07) is 17.5. The molecule has 0 radical (unpaired) electrons. The number of rotatable bonds is 19. The van der Waals surface area contributed by atoms with E-state index in [0.717, 1.165) is 38.5 Å². The molecule has 38 heavy (non-hydrogen) atoms. The quantitative estimate of drug-likeness (QED) is 0.148. The Morgan fingerprint density at radius 2 is 0.974 bits per heavy atom. The highest BCUT2D eigenvalue weighted by molar-refractivity contribution is 5.90. The lowest BCUT2D eigenvalue weighted by Crippen LogP contribution is -2.67. The molecule has 0 bridgehead atoms. The zero-order chi connectivity index (χ0) is 27.7. The third-order valence-electron chi connectivity index (χ3n) is 6.06. The molecule has 0 amide bonds. The van der Waals surface area contributed by atoms with Crippen LogP contribution in [0.3, 0.4) is 0 Å². The van der Waals surface area contributed by atoms with Gasteiger partial charge >= 0.3 is 23.5 Å². The number of esters is 2. The zero-order valence-corrected chi connectivity index (χ0v) is 22.6. The van der Waals surface area contributed by atoms with E-state index in [1.807, 2.05) is 0 Å². The molecule has 0 heterocycles. The lowest BCUT2D eigenvalue weighted by atomic mass is 10.0. The molecule has 210 valence electrons. The van der Waals surface area contributed by atoms with Crippen LogP contribution in [0.15, 0.2) is 60.7 Å². The van der Waals surface area contributed by atoms with Crippen molar-refractivity contribution in [3.05, 3.63) is 71.8 Å². The van der Waals surface area contributed by atoms with Crippen molar-refractivity contribution in [1.82, 2.24) is 0 Å². The summed E-state index contributed by atoms with van der Waals surface area (Å²) in [5, 5.41) is 23.2. The topological polar surface area (TPSA) is 112 Å². The Morgan fingerprint density at radius 3 is 1.32 bits per heavy atom. The summed E-state index contributed by atoms with van der Waals surface area (Å²) < 4.78 is 21.7. The molecule has 0 aliphatic heterocycles. The van der Waals surface area contributed by atoms with Crippen LogP contribution in [-0.2, 0) is 41.8 Å². The number of benzene rings is 2. The Balaban J connectivity index is 2.32. The average molecular weight is 531 g/mol. The van der Waals surface area contributed by atoms with Crippen LogP contribution >= 0.6 is 0 Å². The van der Waals surface area contributed by atoms with Gasteiger partial charge in [0, 0.05) is 0 Å². The number of carbonyl (C=O) groups is 2. The van der Waals surface area contributed by atoms with Gasteiger partial charge in [0.1, 0.15) is 0 Å². The molecule has 0 saturated heterocycles. The summed E-state index contributed by atoms with van der Waals surface area (Å²) in [5.41, 5.74) is 1.19. The second-order valence-electron chi connectivity index (χ2n) is 9.23. The van der Waals surface area contributed by atoms with Gasteiger partial charge in [-0.2, -0.15) is 0 Å². The van der Waals surface area contributed by atoms with Crippen LogP contribution in [0, 0.1) is 0 Å². The van der Waals surface area contributed by atoms with Crippen LogP contribution in [0.2, 0.25) is 0 Å². The molecule has 0 aromatic heterocycles. The van der Waals surface area contributed by atoms with Crippen LogP contribution < -0.4 is 0 Å². The van der Waals surface area contributed by atoms with Gasteiger partial charge in [-0.15, -0.1) is 0 Å². The number of hydrogen-bond donors (Lipinski definition) is 2. The molecule has 0 saturated carbocycles. The molecule has 2 rings (SSSR count). The monoisotopic (exact) mass is 530 g/mol. The predicted molar refractivity (Wildman–Crippen MR) is 143 cm³/mol. The summed E-state index contributed by atoms with van der Waals surface area (Å²) in [6.45, 7) is 3.47. The molecule has 0 aliphatic carbocycles. The van der Waals surface area contributed by atoms with Crippen molar-refractivity contribution in [3.63, 3.8) is 0 Å². The van der Waals surface area contributed by atoms with Gasteiger partial charge in [-0.1, -0.05) is 113 Å². The van der Waals surface area contributed by atoms with E-state index in [9.17, 15) is 19.8 Å². The maximum absolute atomic E-state index is 13.3. The molecule has 0 aliphatic rings. The summed E-state index contributed by atoms with van der Waals surface area (Å²) in [4.78, 5) is 26.5. The van der Waals surface area contributed by atoms with Crippen molar-refractivity contribution in [1.29, 1.82) is 0 Å². The van der Waals surface area contributed by atoms with Gasteiger partial charge in [-0.3, -0.25) is 0 Å². The van der Waals surface area contributed by atoms with Gasteiger partial charge in [0.15, 0.2) is 0 Å². The summed E-state index contributed by atoms with van der Waals surface area (Å²) in [5.74, 6) is -9.04. The van der Waals surface area contributed by atoms with E-state index in [-0.39, 0.29) is 26.4 Å². The predicted octanol–water partition coefficient (Wildman–Crippen LogP) is 5.04. The highest BCUT2D eigenvalue weighted by atomic mass is 16.8. The Hall–Kier alpha value is -2.78. The number of carbonyl (C=O) groups excluding carboxylic acids is 2. The van der Waals surface area contributed by atoms with E-state index < -0.39 is 23.5 Å². The van der Waals surface area contributed by atoms with E-state index in [1.165, 1.54) is 0 Å². The fraction of sp³-hybridized carbons (Fsp3) is 0.533. The smallest absolute Gasteiger partial charge is 0.373 e. The van der Waals surface area contributed by atoms with Crippen molar-refractivity contribution in [2.24, 2.45) is 0 Å². The van der Waals surface area contributed by atoms with Crippen molar-refractivity contribution < 1.29 is 38.7 Å². The van der Waals surface area contributed by atoms with Crippen molar-refractivity contribution in [2.75, 3.05) is 13.2 Å². The number of aliphatic hydroxyl groups is 2. The lowest BCUT2D eigenvalue weighted by molar-refractivity contribution is -0.368. The third kappa shape index (κ3) is 9.51. The fourth-order valence-electron chi connectivity index (χ4n) is 3.70. The second-order valence-corrected chi connectivity index (χ2v) is 9.23. The van der Waals surface area contributed by atoms with E-state index >= 15 is 0 Å². The molecule has 2 N–H and O–H groups in total. The Labute approximate surface area is 225 Å². The maximum Gasteiger partial charge on any atom is 0.373 e. The molecule has 2 atom stereocenters. The summed E-state index contributed by atoms with van der Waals surface area (Å²) in [7, 11) is 0. The molecular formula is C30H42O8. The third-order valence-corrected chi connectivity index (χ3v) is 6.06. The molecule has 0 fully saturated rings. The summed E-state index contributed by atoms with van der Waals surface area (Å²) in [6.07, 6.45) is 6.66. The minimum Gasteiger partial charge on any atom is -0.462 e. The molecule has 0 spiro atoms. The van der Waals surface area contributed by atoms with Crippen LogP contribution in [0.1, 0.15) is 76.3 Å². The van der Waals surface area contributed by atoms with E-state index in [4.69, 9.17) is 18.9 Å². The Morgan fingerprint density at radius 1 is 0.605 bits per heavy atom. The average Bonchev–Trinajstić information content (AvgIpc) is 2.95. The highest BCUT2D eigenvalue weighted by Crippen LogP contribution is 2.31. The minimum absolute atomic E-state index is 0.0172. The van der Waals surface area contributed by atoms with Gasteiger partial charge in [0.2, 0.25) is 0 Å². The lowest BCUT2D eigenvalue weighted by Gasteiger charge is -2.38. The van der Waals surface area contributed by atoms with Crippen molar-refractivity contribution >= 4 is 11.9 Å². The molecule has 2 unspecified atom stereocenters. The number of ether oxygens (including phenoxy) is 4. The maximum atomic E-state index is 13.3. The van der Waals surface area contributed by atoms with Crippen LogP contribution in [-0.4, -0.2) is 46.9 Å². The van der Waals surface area contributed by atoms with Gasteiger partial charge < -0.3 is 29.2 Å². The molecule has 8 heteroatoms. The Kier molecular flexibility index (Phi) is 14.0. The SMILES string of the molecule is CCCCCCOC(=O)C(O)(OCc1ccccc1)C(O)(OCc1ccccc1)C(=O)OCCCCCC. The van der Waals surface area contributed by atoms with E-state index in [1.54, 1.807) is 60.7 Å².